The van der Waals surface area contributed by atoms with Crippen LogP contribution < -0.4 is 0 Å². The molecule has 0 bridgehead atoms. The SMILES string of the molecule is CCCCc1nc(CCCC(C)(C)C)no1. The highest BCUT2D eigenvalue weighted by molar-refractivity contribution is 4.86. The Kier molecular flexibility index (Phi) is 4.97. The molecule has 0 amide bonds. The topological polar surface area (TPSA) is 38.9 Å². The summed E-state index contributed by atoms with van der Waals surface area (Å²) >= 11 is 0. The number of nitrogens with zero attached hydrogens (tertiary/aromatic N) is 2. The molecule has 0 aromatic carbocycles. The minimum absolute atomic E-state index is 0.398. The van der Waals surface area contributed by atoms with Gasteiger partial charge in [-0.2, -0.15) is 4.98 Å². The van der Waals surface area contributed by atoms with Crippen LogP contribution in [0, 0.1) is 5.41 Å². The van der Waals surface area contributed by atoms with E-state index in [0.717, 1.165) is 37.4 Å². The molecule has 1 aromatic heterocycles. The fraction of sp³-hybridized carbons (Fsp3) is 0.846. The van der Waals surface area contributed by atoms with Crippen LogP contribution in [-0.4, -0.2) is 10.1 Å². The number of aryl methyl sites for hydroxylation is 2. The van der Waals surface area contributed by atoms with Crippen LogP contribution in [0.25, 0.3) is 0 Å². The maximum atomic E-state index is 5.19. The number of hydrogen-bond donors (Lipinski definition) is 0. The van der Waals surface area contributed by atoms with Crippen molar-refractivity contribution < 1.29 is 4.52 Å². The van der Waals surface area contributed by atoms with Gasteiger partial charge in [0.2, 0.25) is 5.89 Å². The van der Waals surface area contributed by atoms with Crippen molar-refractivity contribution in [2.45, 2.75) is 66.2 Å². The van der Waals surface area contributed by atoms with Crippen molar-refractivity contribution in [3.05, 3.63) is 11.7 Å². The summed E-state index contributed by atoms with van der Waals surface area (Å²) in [6.07, 6.45) is 6.49. The average molecular weight is 224 g/mol. The summed E-state index contributed by atoms with van der Waals surface area (Å²) in [7, 11) is 0. The van der Waals surface area contributed by atoms with E-state index < -0.39 is 0 Å². The molecule has 0 aliphatic heterocycles. The minimum Gasteiger partial charge on any atom is -0.339 e. The lowest BCUT2D eigenvalue weighted by Gasteiger charge is -2.16. The molecule has 0 radical (unpaired) electrons. The third-order valence-electron chi connectivity index (χ3n) is 2.58. The van der Waals surface area contributed by atoms with Gasteiger partial charge in [0, 0.05) is 12.8 Å². The van der Waals surface area contributed by atoms with Crippen LogP contribution in [0.15, 0.2) is 4.52 Å². The number of rotatable bonds is 6. The molecule has 1 rings (SSSR count). The van der Waals surface area contributed by atoms with Crippen molar-refractivity contribution in [1.29, 1.82) is 0 Å². The van der Waals surface area contributed by atoms with E-state index >= 15 is 0 Å². The first kappa shape index (κ1) is 13.2. The van der Waals surface area contributed by atoms with Crippen molar-refractivity contribution in [1.82, 2.24) is 10.1 Å². The lowest BCUT2D eigenvalue weighted by molar-refractivity contribution is 0.354. The molecule has 0 aliphatic carbocycles. The quantitative estimate of drug-likeness (QED) is 0.738. The highest BCUT2D eigenvalue weighted by Gasteiger charge is 2.11. The fourth-order valence-corrected chi connectivity index (χ4v) is 1.60. The van der Waals surface area contributed by atoms with E-state index in [-0.39, 0.29) is 0 Å². The van der Waals surface area contributed by atoms with Gasteiger partial charge >= 0.3 is 0 Å². The standard InChI is InChI=1S/C13H24N2O/c1-5-6-9-12-14-11(15-16-12)8-7-10-13(2,3)4/h5-10H2,1-4H3. The second kappa shape index (κ2) is 6.02. The molecule has 0 N–H and O–H groups in total. The van der Waals surface area contributed by atoms with E-state index in [2.05, 4.69) is 37.8 Å². The molecule has 0 saturated heterocycles. The van der Waals surface area contributed by atoms with Crippen LogP contribution in [-0.2, 0) is 12.8 Å². The highest BCUT2D eigenvalue weighted by atomic mass is 16.5. The molecule has 92 valence electrons. The zero-order valence-electron chi connectivity index (χ0n) is 11.0. The molecule has 1 heterocycles. The summed E-state index contributed by atoms with van der Waals surface area (Å²) in [4.78, 5) is 4.39. The van der Waals surface area contributed by atoms with Crippen LogP contribution >= 0.6 is 0 Å². The molecule has 0 aliphatic rings. The molecular weight excluding hydrogens is 200 g/mol. The fourth-order valence-electron chi connectivity index (χ4n) is 1.60. The zero-order chi connectivity index (χ0) is 12.0. The van der Waals surface area contributed by atoms with Gasteiger partial charge in [0.15, 0.2) is 5.82 Å². The predicted molar refractivity (Wildman–Crippen MR) is 65.3 cm³/mol. The second-order valence-electron chi connectivity index (χ2n) is 5.62. The van der Waals surface area contributed by atoms with Crippen LogP contribution in [0.1, 0.15) is 65.1 Å². The molecule has 16 heavy (non-hydrogen) atoms. The van der Waals surface area contributed by atoms with Gasteiger partial charge in [0.05, 0.1) is 0 Å². The third-order valence-corrected chi connectivity index (χ3v) is 2.58. The van der Waals surface area contributed by atoms with E-state index in [0.29, 0.717) is 5.41 Å². The van der Waals surface area contributed by atoms with Crippen molar-refractivity contribution in [2.24, 2.45) is 5.41 Å². The maximum absolute atomic E-state index is 5.19. The molecule has 0 saturated carbocycles. The number of hydrogen-bond acceptors (Lipinski definition) is 3. The van der Waals surface area contributed by atoms with Crippen molar-refractivity contribution in [3.8, 4) is 0 Å². The lowest BCUT2D eigenvalue weighted by Crippen LogP contribution is -2.05. The Balaban J connectivity index is 2.29. The molecule has 3 heteroatoms. The molecule has 0 unspecified atom stereocenters. The van der Waals surface area contributed by atoms with Crippen LogP contribution in [0.4, 0.5) is 0 Å². The molecule has 0 atom stereocenters. The Morgan fingerprint density at radius 1 is 1.12 bits per heavy atom. The zero-order valence-corrected chi connectivity index (χ0v) is 11.0. The van der Waals surface area contributed by atoms with E-state index in [1.54, 1.807) is 0 Å². The first-order chi connectivity index (χ1) is 7.51. The smallest absolute Gasteiger partial charge is 0.226 e. The first-order valence-electron chi connectivity index (χ1n) is 6.33. The number of aromatic nitrogens is 2. The average Bonchev–Trinajstić information content (AvgIpc) is 2.61. The predicted octanol–water partition coefficient (Wildman–Crippen LogP) is 3.78. The van der Waals surface area contributed by atoms with Crippen LogP contribution in [0.2, 0.25) is 0 Å². The maximum Gasteiger partial charge on any atom is 0.226 e. The first-order valence-corrected chi connectivity index (χ1v) is 6.33. The van der Waals surface area contributed by atoms with Gasteiger partial charge in [0.25, 0.3) is 0 Å². The number of unbranched alkanes of at least 4 members (excludes halogenated alkanes) is 1. The Bertz CT molecular complexity index is 299. The molecule has 0 spiro atoms. The molecular formula is C13H24N2O. The summed E-state index contributed by atoms with van der Waals surface area (Å²) in [5.41, 5.74) is 0.398. The summed E-state index contributed by atoms with van der Waals surface area (Å²) in [5, 5.41) is 4.00. The van der Waals surface area contributed by atoms with Crippen molar-refractivity contribution >= 4 is 0 Å². The Morgan fingerprint density at radius 3 is 2.50 bits per heavy atom. The summed E-state index contributed by atoms with van der Waals surface area (Å²) in [5.74, 6) is 1.67. The third kappa shape index (κ3) is 5.29. The summed E-state index contributed by atoms with van der Waals surface area (Å²) in [6.45, 7) is 8.95. The van der Waals surface area contributed by atoms with E-state index in [9.17, 15) is 0 Å². The molecule has 0 fully saturated rings. The lowest BCUT2D eigenvalue weighted by atomic mass is 9.90. The highest BCUT2D eigenvalue weighted by Crippen LogP contribution is 2.21. The normalized spacial score (nSPS) is 12.0. The monoisotopic (exact) mass is 224 g/mol. The molecule has 3 nitrogen and oxygen atoms in total. The van der Waals surface area contributed by atoms with Gasteiger partial charge in [-0.15, -0.1) is 0 Å². The van der Waals surface area contributed by atoms with E-state index in [4.69, 9.17) is 4.52 Å². The van der Waals surface area contributed by atoms with Gasteiger partial charge in [-0.25, -0.2) is 0 Å². The van der Waals surface area contributed by atoms with E-state index in [1.807, 2.05) is 0 Å². The van der Waals surface area contributed by atoms with Gasteiger partial charge < -0.3 is 4.52 Å². The van der Waals surface area contributed by atoms with Crippen molar-refractivity contribution in [2.75, 3.05) is 0 Å². The minimum atomic E-state index is 0.398. The molecule has 1 aromatic rings. The second-order valence-corrected chi connectivity index (χ2v) is 5.62. The van der Waals surface area contributed by atoms with Gasteiger partial charge in [0.1, 0.15) is 0 Å². The van der Waals surface area contributed by atoms with Gasteiger partial charge in [-0.05, 0) is 24.7 Å². The Hall–Kier alpha value is -0.860. The van der Waals surface area contributed by atoms with Crippen molar-refractivity contribution in [3.63, 3.8) is 0 Å². The Morgan fingerprint density at radius 2 is 1.88 bits per heavy atom. The largest absolute Gasteiger partial charge is 0.339 e. The van der Waals surface area contributed by atoms with E-state index in [1.165, 1.54) is 12.8 Å². The summed E-state index contributed by atoms with van der Waals surface area (Å²) < 4.78 is 5.19. The van der Waals surface area contributed by atoms with Crippen LogP contribution in [0.5, 0.6) is 0 Å². The van der Waals surface area contributed by atoms with Gasteiger partial charge in [-0.3, -0.25) is 0 Å². The summed E-state index contributed by atoms with van der Waals surface area (Å²) in [6, 6.07) is 0. The Labute approximate surface area is 98.6 Å². The van der Waals surface area contributed by atoms with Crippen LogP contribution in [0.3, 0.4) is 0 Å². The van der Waals surface area contributed by atoms with Gasteiger partial charge in [-0.1, -0.05) is 39.3 Å².